The van der Waals surface area contributed by atoms with E-state index in [2.05, 4.69) is 4.98 Å². The number of aromatic nitrogens is 1. The van der Waals surface area contributed by atoms with Crippen LogP contribution in [0.1, 0.15) is 22.4 Å². The standard InChI is InChI=1S/C9H10N2OS/c1-6-9(13-5-11-6)8(10)7-3-2-4-12-7/h2-5,8H,10H2,1H3. The van der Waals surface area contributed by atoms with E-state index in [1.54, 1.807) is 23.1 Å². The number of nitrogens with zero attached hydrogens (tertiary/aromatic N) is 1. The summed E-state index contributed by atoms with van der Waals surface area (Å²) < 4.78 is 5.23. The number of nitrogens with two attached hydrogens (primary N) is 1. The van der Waals surface area contributed by atoms with Crippen molar-refractivity contribution >= 4 is 11.3 Å². The molecule has 0 bridgehead atoms. The van der Waals surface area contributed by atoms with Gasteiger partial charge in [0.05, 0.1) is 28.4 Å². The average molecular weight is 194 g/mol. The molecule has 68 valence electrons. The Hall–Kier alpha value is -1.13. The fourth-order valence-corrected chi connectivity index (χ4v) is 2.02. The summed E-state index contributed by atoms with van der Waals surface area (Å²) in [6.07, 6.45) is 1.63. The van der Waals surface area contributed by atoms with Gasteiger partial charge in [0.2, 0.25) is 0 Å². The number of hydrogen-bond acceptors (Lipinski definition) is 4. The Morgan fingerprint density at radius 1 is 1.62 bits per heavy atom. The van der Waals surface area contributed by atoms with Crippen LogP contribution in [0, 0.1) is 6.92 Å². The van der Waals surface area contributed by atoms with Crippen molar-refractivity contribution in [2.75, 3.05) is 0 Å². The highest BCUT2D eigenvalue weighted by Crippen LogP contribution is 2.25. The lowest BCUT2D eigenvalue weighted by molar-refractivity contribution is 0.491. The molecule has 0 fully saturated rings. The molecule has 3 nitrogen and oxygen atoms in total. The molecule has 0 aliphatic heterocycles. The third-order valence-corrected chi connectivity index (χ3v) is 2.93. The lowest BCUT2D eigenvalue weighted by Gasteiger charge is -2.05. The summed E-state index contributed by atoms with van der Waals surface area (Å²) in [7, 11) is 0. The van der Waals surface area contributed by atoms with Crippen LogP contribution < -0.4 is 5.73 Å². The second-order valence-corrected chi connectivity index (χ2v) is 3.68. The zero-order chi connectivity index (χ0) is 9.26. The van der Waals surface area contributed by atoms with Crippen molar-refractivity contribution in [3.63, 3.8) is 0 Å². The first-order valence-electron chi connectivity index (χ1n) is 3.98. The van der Waals surface area contributed by atoms with Gasteiger partial charge >= 0.3 is 0 Å². The van der Waals surface area contributed by atoms with Gasteiger partial charge in [-0.15, -0.1) is 11.3 Å². The van der Waals surface area contributed by atoms with E-state index in [1.807, 2.05) is 19.1 Å². The van der Waals surface area contributed by atoms with Gasteiger partial charge in [-0.2, -0.15) is 0 Å². The van der Waals surface area contributed by atoms with Crippen LogP contribution in [0.5, 0.6) is 0 Å². The van der Waals surface area contributed by atoms with Crippen LogP contribution in [0.2, 0.25) is 0 Å². The lowest BCUT2D eigenvalue weighted by atomic mass is 10.2. The van der Waals surface area contributed by atoms with Crippen LogP contribution in [0.15, 0.2) is 28.3 Å². The molecule has 0 amide bonds. The molecule has 0 radical (unpaired) electrons. The SMILES string of the molecule is Cc1ncsc1C(N)c1ccco1. The van der Waals surface area contributed by atoms with Gasteiger partial charge in [-0.05, 0) is 19.1 Å². The predicted molar refractivity (Wildman–Crippen MR) is 51.6 cm³/mol. The first-order chi connectivity index (χ1) is 6.29. The summed E-state index contributed by atoms with van der Waals surface area (Å²) in [5, 5.41) is 0. The van der Waals surface area contributed by atoms with Crippen LogP contribution in [-0.4, -0.2) is 4.98 Å². The Kier molecular flexibility index (Phi) is 2.16. The highest BCUT2D eigenvalue weighted by Gasteiger charge is 2.15. The van der Waals surface area contributed by atoms with E-state index in [1.165, 1.54) is 0 Å². The molecule has 2 heterocycles. The Bertz CT molecular complexity index is 380. The highest BCUT2D eigenvalue weighted by molar-refractivity contribution is 7.09. The van der Waals surface area contributed by atoms with Gasteiger partial charge in [-0.3, -0.25) is 0 Å². The molecular weight excluding hydrogens is 184 g/mol. The van der Waals surface area contributed by atoms with Crippen LogP contribution in [-0.2, 0) is 0 Å². The van der Waals surface area contributed by atoms with Gasteiger partial charge in [0.1, 0.15) is 5.76 Å². The van der Waals surface area contributed by atoms with Gasteiger partial charge in [0.15, 0.2) is 0 Å². The second kappa shape index (κ2) is 3.32. The van der Waals surface area contributed by atoms with Crippen molar-refractivity contribution in [2.45, 2.75) is 13.0 Å². The van der Waals surface area contributed by atoms with Crippen molar-refractivity contribution in [1.29, 1.82) is 0 Å². The Morgan fingerprint density at radius 2 is 2.46 bits per heavy atom. The van der Waals surface area contributed by atoms with Crippen LogP contribution in [0.4, 0.5) is 0 Å². The highest BCUT2D eigenvalue weighted by atomic mass is 32.1. The average Bonchev–Trinajstić information content (AvgIpc) is 2.72. The summed E-state index contributed by atoms with van der Waals surface area (Å²) in [5.74, 6) is 0.785. The third-order valence-electron chi connectivity index (χ3n) is 1.91. The summed E-state index contributed by atoms with van der Waals surface area (Å²) >= 11 is 1.56. The van der Waals surface area contributed by atoms with E-state index in [0.29, 0.717) is 0 Å². The molecule has 2 rings (SSSR count). The minimum atomic E-state index is -0.178. The largest absolute Gasteiger partial charge is 0.467 e. The molecule has 0 saturated carbocycles. The fraction of sp³-hybridized carbons (Fsp3) is 0.222. The molecule has 0 aliphatic rings. The molecule has 1 unspecified atom stereocenters. The summed E-state index contributed by atoms with van der Waals surface area (Å²) in [4.78, 5) is 5.21. The van der Waals surface area contributed by atoms with Crippen LogP contribution >= 0.6 is 11.3 Å². The predicted octanol–water partition coefficient (Wildman–Crippen LogP) is 2.09. The first-order valence-corrected chi connectivity index (χ1v) is 4.86. The van der Waals surface area contributed by atoms with Crippen molar-refractivity contribution in [3.8, 4) is 0 Å². The quantitative estimate of drug-likeness (QED) is 0.796. The Labute approximate surface area is 80.2 Å². The summed E-state index contributed by atoms with van der Waals surface area (Å²) in [6.45, 7) is 1.95. The topological polar surface area (TPSA) is 52.0 Å². The molecule has 2 aromatic heterocycles. The van der Waals surface area contributed by atoms with Gasteiger partial charge in [-0.1, -0.05) is 0 Å². The van der Waals surface area contributed by atoms with Crippen molar-refractivity contribution in [1.82, 2.24) is 4.98 Å². The summed E-state index contributed by atoms with van der Waals surface area (Å²) in [5.41, 5.74) is 8.76. The lowest BCUT2D eigenvalue weighted by Crippen LogP contribution is -2.10. The van der Waals surface area contributed by atoms with Crippen LogP contribution in [0.25, 0.3) is 0 Å². The Balaban J connectivity index is 2.33. The molecule has 4 heteroatoms. The van der Waals surface area contributed by atoms with Crippen LogP contribution in [0.3, 0.4) is 0 Å². The number of thiazole rings is 1. The van der Waals surface area contributed by atoms with Gasteiger partial charge in [0.25, 0.3) is 0 Å². The zero-order valence-corrected chi connectivity index (χ0v) is 8.04. The molecule has 0 spiro atoms. The van der Waals surface area contributed by atoms with Gasteiger partial charge in [0, 0.05) is 0 Å². The van der Waals surface area contributed by atoms with Gasteiger partial charge < -0.3 is 10.2 Å². The number of hydrogen-bond donors (Lipinski definition) is 1. The number of rotatable bonds is 2. The normalized spacial score (nSPS) is 13.1. The maximum absolute atomic E-state index is 5.98. The van der Waals surface area contributed by atoms with Crippen molar-refractivity contribution < 1.29 is 4.42 Å². The Morgan fingerprint density at radius 3 is 3.00 bits per heavy atom. The molecule has 2 aromatic rings. The molecule has 2 N–H and O–H groups in total. The van der Waals surface area contributed by atoms with E-state index in [-0.39, 0.29) is 6.04 Å². The van der Waals surface area contributed by atoms with Crippen molar-refractivity contribution in [2.24, 2.45) is 5.73 Å². The third kappa shape index (κ3) is 1.50. The monoisotopic (exact) mass is 194 g/mol. The minimum Gasteiger partial charge on any atom is -0.467 e. The molecule has 0 aromatic carbocycles. The summed E-state index contributed by atoms with van der Waals surface area (Å²) in [6, 6.07) is 3.54. The zero-order valence-electron chi connectivity index (χ0n) is 7.23. The molecule has 0 aliphatic carbocycles. The van der Waals surface area contributed by atoms with E-state index in [9.17, 15) is 0 Å². The van der Waals surface area contributed by atoms with E-state index < -0.39 is 0 Å². The first kappa shape index (κ1) is 8.47. The van der Waals surface area contributed by atoms with E-state index >= 15 is 0 Å². The maximum atomic E-state index is 5.98. The smallest absolute Gasteiger partial charge is 0.125 e. The second-order valence-electron chi connectivity index (χ2n) is 2.80. The molecular formula is C9H10N2OS. The fourth-order valence-electron chi connectivity index (χ4n) is 1.21. The molecule has 1 atom stereocenters. The number of furan rings is 1. The molecule has 13 heavy (non-hydrogen) atoms. The molecule has 0 saturated heterocycles. The van der Waals surface area contributed by atoms with E-state index in [4.69, 9.17) is 10.2 Å². The van der Waals surface area contributed by atoms with E-state index in [0.717, 1.165) is 16.3 Å². The van der Waals surface area contributed by atoms with Crippen molar-refractivity contribution in [3.05, 3.63) is 40.2 Å². The maximum Gasteiger partial charge on any atom is 0.125 e. The van der Waals surface area contributed by atoms with Gasteiger partial charge in [-0.25, -0.2) is 4.98 Å². The number of aryl methyl sites for hydroxylation is 1. The minimum absolute atomic E-state index is 0.178.